The molecule has 0 bridgehead atoms. The molecule has 0 spiro atoms. The molecule has 1 heterocycles. The first-order valence-corrected chi connectivity index (χ1v) is 3.68. The van der Waals surface area contributed by atoms with E-state index in [4.69, 9.17) is 0 Å². The van der Waals surface area contributed by atoms with Gasteiger partial charge >= 0.3 is 0 Å². The van der Waals surface area contributed by atoms with Gasteiger partial charge < -0.3 is 5.32 Å². The lowest BCUT2D eigenvalue weighted by atomic mass is 10.1. The standard InChI is InChI=1S/C8H11NO/c1-4-5(2)9-8(10)7-3-6(4)7/h6-7H,3H2,1-2H3,(H,9,10)/t6-,7-/m0/s1. The minimum Gasteiger partial charge on any atom is -0.330 e. The van der Waals surface area contributed by atoms with Gasteiger partial charge in [0.15, 0.2) is 0 Å². The first-order chi connectivity index (χ1) is 4.70. The van der Waals surface area contributed by atoms with E-state index in [1.54, 1.807) is 0 Å². The molecule has 0 aromatic heterocycles. The Hall–Kier alpha value is -0.790. The molecule has 1 N–H and O–H groups in total. The van der Waals surface area contributed by atoms with Crippen LogP contribution in [0.5, 0.6) is 0 Å². The Labute approximate surface area is 60.3 Å². The van der Waals surface area contributed by atoms with E-state index in [9.17, 15) is 4.79 Å². The van der Waals surface area contributed by atoms with Gasteiger partial charge in [-0.3, -0.25) is 4.79 Å². The number of hydrogen-bond donors (Lipinski definition) is 1. The molecule has 0 aromatic rings. The van der Waals surface area contributed by atoms with Crippen molar-refractivity contribution in [2.75, 3.05) is 0 Å². The highest BCUT2D eigenvalue weighted by Crippen LogP contribution is 2.47. The van der Waals surface area contributed by atoms with Crippen LogP contribution in [-0.2, 0) is 4.79 Å². The SMILES string of the molecule is CC1=C(C)[C@@H]2C[C@@H]2C(=O)N1. The predicted molar refractivity (Wildman–Crippen MR) is 38.1 cm³/mol. The highest BCUT2D eigenvalue weighted by atomic mass is 16.2. The third kappa shape index (κ3) is 0.618. The number of rotatable bonds is 0. The van der Waals surface area contributed by atoms with Crippen LogP contribution in [-0.4, -0.2) is 5.91 Å². The van der Waals surface area contributed by atoms with Crippen LogP contribution in [0.25, 0.3) is 0 Å². The lowest BCUT2D eigenvalue weighted by Crippen LogP contribution is -2.28. The van der Waals surface area contributed by atoms with Crippen LogP contribution < -0.4 is 5.32 Å². The van der Waals surface area contributed by atoms with E-state index in [0.717, 1.165) is 12.1 Å². The second-order valence-electron chi connectivity index (χ2n) is 3.25. The highest BCUT2D eigenvalue weighted by molar-refractivity contribution is 5.85. The summed E-state index contributed by atoms with van der Waals surface area (Å²) in [6.45, 7) is 4.08. The molecule has 0 unspecified atom stereocenters. The summed E-state index contributed by atoms with van der Waals surface area (Å²) < 4.78 is 0. The van der Waals surface area contributed by atoms with E-state index in [-0.39, 0.29) is 5.91 Å². The topological polar surface area (TPSA) is 29.1 Å². The molecular formula is C8H11NO. The van der Waals surface area contributed by atoms with E-state index in [1.165, 1.54) is 5.57 Å². The number of fused-ring (bicyclic) bond motifs is 1. The number of allylic oxidation sites excluding steroid dienone is 2. The van der Waals surface area contributed by atoms with Crippen molar-refractivity contribution in [3.63, 3.8) is 0 Å². The Bertz CT molecular complexity index is 229. The summed E-state index contributed by atoms with van der Waals surface area (Å²) in [6, 6.07) is 0. The maximum atomic E-state index is 11.0. The second-order valence-corrected chi connectivity index (χ2v) is 3.25. The maximum Gasteiger partial charge on any atom is 0.227 e. The normalized spacial score (nSPS) is 37.2. The van der Waals surface area contributed by atoms with E-state index < -0.39 is 0 Å². The van der Waals surface area contributed by atoms with Crippen LogP contribution in [0.3, 0.4) is 0 Å². The molecule has 2 aliphatic rings. The van der Waals surface area contributed by atoms with Crippen molar-refractivity contribution in [2.24, 2.45) is 11.8 Å². The fourth-order valence-electron chi connectivity index (χ4n) is 1.62. The van der Waals surface area contributed by atoms with Gasteiger partial charge in [-0.1, -0.05) is 5.57 Å². The first kappa shape index (κ1) is 5.96. The Kier molecular flexibility index (Phi) is 0.967. The predicted octanol–water partition coefficient (Wildman–Crippen LogP) is 1.05. The zero-order valence-electron chi connectivity index (χ0n) is 6.27. The van der Waals surface area contributed by atoms with Crippen LogP contribution in [0.15, 0.2) is 11.3 Å². The molecule has 2 rings (SSSR count). The van der Waals surface area contributed by atoms with Crippen LogP contribution in [0, 0.1) is 11.8 Å². The third-order valence-electron chi connectivity index (χ3n) is 2.59. The van der Waals surface area contributed by atoms with Crippen LogP contribution >= 0.6 is 0 Å². The van der Waals surface area contributed by atoms with Crippen molar-refractivity contribution in [3.05, 3.63) is 11.3 Å². The quantitative estimate of drug-likeness (QED) is 0.531. The summed E-state index contributed by atoms with van der Waals surface area (Å²) in [6.07, 6.45) is 1.08. The molecule has 1 aliphatic heterocycles. The molecule has 2 heteroatoms. The molecule has 2 nitrogen and oxygen atoms in total. The van der Waals surface area contributed by atoms with Crippen molar-refractivity contribution < 1.29 is 4.79 Å². The van der Waals surface area contributed by atoms with Crippen molar-refractivity contribution >= 4 is 5.91 Å². The Morgan fingerprint density at radius 1 is 1.40 bits per heavy atom. The van der Waals surface area contributed by atoms with Crippen LogP contribution in [0.4, 0.5) is 0 Å². The number of carbonyl (C=O) groups is 1. The van der Waals surface area contributed by atoms with E-state index in [1.807, 2.05) is 6.92 Å². The molecule has 10 heavy (non-hydrogen) atoms. The average molecular weight is 137 g/mol. The van der Waals surface area contributed by atoms with Gasteiger partial charge in [0, 0.05) is 11.6 Å². The third-order valence-corrected chi connectivity index (χ3v) is 2.59. The minimum absolute atomic E-state index is 0.230. The Morgan fingerprint density at radius 3 is 2.80 bits per heavy atom. The second kappa shape index (κ2) is 1.62. The molecule has 0 radical (unpaired) electrons. The Morgan fingerprint density at radius 2 is 2.10 bits per heavy atom. The summed E-state index contributed by atoms with van der Waals surface area (Å²) in [5.41, 5.74) is 2.45. The van der Waals surface area contributed by atoms with Gasteiger partial charge in [-0.2, -0.15) is 0 Å². The van der Waals surface area contributed by atoms with Gasteiger partial charge in [0.25, 0.3) is 0 Å². The zero-order valence-corrected chi connectivity index (χ0v) is 6.27. The van der Waals surface area contributed by atoms with Gasteiger partial charge in [0.1, 0.15) is 0 Å². The van der Waals surface area contributed by atoms with Crippen molar-refractivity contribution in [2.45, 2.75) is 20.3 Å². The number of carbonyl (C=O) groups excluding carboxylic acids is 1. The molecule has 2 atom stereocenters. The van der Waals surface area contributed by atoms with E-state index in [0.29, 0.717) is 11.8 Å². The first-order valence-electron chi connectivity index (χ1n) is 3.68. The molecule has 1 saturated carbocycles. The molecule has 0 aromatic carbocycles. The highest BCUT2D eigenvalue weighted by Gasteiger charge is 2.47. The van der Waals surface area contributed by atoms with Gasteiger partial charge in [-0.05, 0) is 26.2 Å². The molecular weight excluding hydrogens is 126 g/mol. The summed E-state index contributed by atoms with van der Waals surface area (Å²) in [4.78, 5) is 11.0. The summed E-state index contributed by atoms with van der Waals surface area (Å²) >= 11 is 0. The fraction of sp³-hybridized carbons (Fsp3) is 0.625. The largest absolute Gasteiger partial charge is 0.330 e. The van der Waals surface area contributed by atoms with Crippen LogP contribution in [0.1, 0.15) is 20.3 Å². The van der Waals surface area contributed by atoms with Gasteiger partial charge in [0.2, 0.25) is 5.91 Å². The molecule has 1 fully saturated rings. The van der Waals surface area contributed by atoms with Gasteiger partial charge in [0.05, 0.1) is 0 Å². The lowest BCUT2D eigenvalue weighted by molar-refractivity contribution is -0.122. The number of amides is 1. The van der Waals surface area contributed by atoms with Gasteiger partial charge in [-0.25, -0.2) is 0 Å². The van der Waals surface area contributed by atoms with Crippen molar-refractivity contribution in [1.29, 1.82) is 0 Å². The van der Waals surface area contributed by atoms with Crippen molar-refractivity contribution in [3.8, 4) is 0 Å². The van der Waals surface area contributed by atoms with Crippen molar-refractivity contribution in [1.82, 2.24) is 5.32 Å². The minimum atomic E-state index is 0.230. The fourth-order valence-corrected chi connectivity index (χ4v) is 1.62. The number of hydrogen-bond acceptors (Lipinski definition) is 1. The smallest absolute Gasteiger partial charge is 0.227 e. The van der Waals surface area contributed by atoms with Crippen LogP contribution in [0.2, 0.25) is 0 Å². The number of nitrogens with one attached hydrogen (secondary N) is 1. The van der Waals surface area contributed by atoms with E-state index in [2.05, 4.69) is 12.2 Å². The summed E-state index contributed by atoms with van der Waals surface area (Å²) in [5.74, 6) is 1.14. The zero-order chi connectivity index (χ0) is 7.30. The van der Waals surface area contributed by atoms with E-state index >= 15 is 0 Å². The molecule has 0 saturated heterocycles. The maximum absolute atomic E-state index is 11.0. The Balaban J connectivity index is 2.33. The summed E-state index contributed by atoms with van der Waals surface area (Å²) in [5, 5.41) is 2.86. The molecule has 54 valence electrons. The monoisotopic (exact) mass is 137 g/mol. The molecule has 1 aliphatic carbocycles. The molecule has 1 amide bonds. The van der Waals surface area contributed by atoms with Gasteiger partial charge in [-0.15, -0.1) is 0 Å². The lowest BCUT2D eigenvalue weighted by Gasteiger charge is -2.14. The average Bonchev–Trinajstić information content (AvgIpc) is 2.61. The summed E-state index contributed by atoms with van der Waals surface area (Å²) in [7, 11) is 0.